The first kappa shape index (κ1) is 18.2. The van der Waals surface area contributed by atoms with Crippen molar-refractivity contribution in [3.05, 3.63) is 53.6 Å². The maximum absolute atomic E-state index is 12.6. The predicted octanol–water partition coefficient (Wildman–Crippen LogP) is 4.09. The number of carbonyl (C=O) groups is 1. The lowest BCUT2D eigenvalue weighted by molar-refractivity contribution is 0.0784. The Morgan fingerprint density at radius 1 is 1.12 bits per heavy atom. The number of amides is 1. The van der Waals surface area contributed by atoms with Crippen LogP contribution in [0.4, 0.5) is 0 Å². The van der Waals surface area contributed by atoms with Gasteiger partial charge in [0.05, 0.1) is 13.7 Å². The maximum Gasteiger partial charge on any atom is 0.254 e. The molecule has 24 heavy (non-hydrogen) atoms. The number of thioether (sulfide) groups is 1. The summed E-state index contributed by atoms with van der Waals surface area (Å²) in [5.74, 6) is 1.16. The summed E-state index contributed by atoms with van der Waals surface area (Å²) >= 11 is 1.70. The molecular weight excluding hydrogens is 322 g/mol. The van der Waals surface area contributed by atoms with Crippen molar-refractivity contribution < 1.29 is 14.3 Å². The van der Waals surface area contributed by atoms with Crippen LogP contribution in [0.3, 0.4) is 0 Å². The quantitative estimate of drug-likeness (QED) is 0.709. The molecule has 0 unspecified atom stereocenters. The van der Waals surface area contributed by atoms with E-state index < -0.39 is 0 Å². The van der Waals surface area contributed by atoms with Gasteiger partial charge in [0.1, 0.15) is 0 Å². The third kappa shape index (κ3) is 4.45. The van der Waals surface area contributed by atoms with Gasteiger partial charge < -0.3 is 14.4 Å². The number of carbonyl (C=O) groups excluding carboxylic acids is 1. The van der Waals surface area contributed by atoms with Gasteiger partial charge in [-0.05, 0) is 49.1 Å². The first-order valence-electron chi connectivity index (χ1n) is 7.78. The molecule has 128 valence electrons. The molecule has 0 spiro atoms. The highest BCUT2D eigenvalue weighted by Crippen LogP contribution is 2.28. The molecule has 5 heteroatoms. The van der Waals surface area contributed by atoms with Crippen LogP contribution in [-0.2, 0) is 6.54 Å². The van der Waals surface area contributed by atoms with E-state index in [4.69, 9.17) is 9.47 Å². The van der Waals surface area contributed by atoms with Gasteiger partial charge in [-0.2, -0.15) is 0 Å². The Bertz CT molecular complexity index is 686. The summed E-state index contributed by atoms with van der Waals surface area (Å²) in [6, 6.07) is 13.5. The van der Waals surface area contributed by atoms with E-state index in [1.54, 1.807) is 49.0 Å². The molecule has 1 amide bonds. The summed E-state index contributed by atoms with van der Waals surface area (Å²) in [6.45, 7) is 3.02. The van der Waals surface area contributed by atoms with Crippen molar-refractivity contribution in [2.75, 3.05) is 27.0 Å². The fraction of sp³-hybridized carbons (Fsp3) is 0.316. The van der Waals surface area contributed by atoms with Crippen molar-refractivity contribution in [1.82, 2.24) is 4.90 Å². The maximum atomic E-state index is 12.6. The minimum atomic E-state index is -0.0507. The summed E-state index contributed by atoms with van der Waals surface area (Å²) in [5, 5.41) is 0. The Kier molecular flexibility index (Phi) is 6.55. The smallest absolute Gasteiger partial charge is 0.254 e. The zero-order chi connectivity index (χ0) is 17.5. The molecule has 2 aromatic carbocycles. The summed E-state index contributed by atoms with van der Waals surface area (Å²) in [6.07, 6.45) is 2.05. The monoisotopic (exact) mass is 345 g/mol. The lowest BCUT2D eigenvalue weighted by atomic mass is 10.1. The Labute approximate surface area is 147 Å². The minimum absolute atomic E-state index is 0.0507. The van der Waals surface area contributed by atoms with Crippen molar-refractivity contribution in [2.45, 2.75) is 18.4 Å². The molecule has 0 N–H and O–H groups in total. The van der Waals surface area contributed by atoms with Gasteiger partial charge in [0, 0.05) is 24.1 Å². The molecule has 0 bridgehead atoms. The van der Waals surface area contributed by atoms with Gasteiger partial charge >= 0.3 is 0 Å². The van der Waals surface area contributed by atoms with Gasteiger partial charge in [-0.1, -0.05) is 12.1 Å². The lowest BCUT2D eigenvalue weighted by Crippen LogP contribution is -2.26. The molecule has 0 saturated heterocycles. The van der Waals surface area contributed by atoms with Crippen molar-refractivity contribution in [3.63, 3.8) is 0 Å². The Balaban J connectivity index is 2.11. The third-order valence-corrected chi connectivity index (χ3v) is 4.38. The second kappa shape index (κ2) is 8.64. The number of hydrogen-bond acceptors (Lipinski definition) is 4. The van der Waals surface area contributed by atoms with Crippen molar-refractivity contribution in [1.29, 1.82) is 0 Å². The average molecular weight is 345 g/mol. The van der Waals surface area contributed by atoms with E-state index in [1.807, 2.05) is 25.3 Å². The number of ether oxygens (including phenoxy) is 2. The average Bonchev–Trinajstić information content (AvgIpc) is 2.62. The molecule has 0 saturated carbocycles. The standard InChI is InChI=1S/C19H23NO3S/c1-5-23-17-11-8-15(12-18(17)22-3)19(21)20(2)13-14-6-9-16(24-4)10-7-14/h6-12H,5,13H2,1-4H3. The van der Waals surface area contributed by atoms with Crippen LogP contribution in [0.25, 0.3) is 0 Å². The van der Waals surface area contributed by atoms with Crippen LogP contribution < -0.4 is 9.47 Å². The van der Waals surface area contributed by atoms with Gasteiger partial charge in [0.2, 0.25) is 0 Å². The first-order valence-corrected chi connectivity index (χ1v) is 9.00. The SMILES string of the molecule is CCOc1ccc(C(=O)N(C)Cc2ccc(SC)cc2)cc1OC. The second-order valence-electron chi connectivity index (χ2n) is 5.31. The van der Waals surface area contributed by atoms with Crippen LogP contribution >= 0.6 is 11.8 Å². The molecule has 0 aliphatic heterocycles. The summed E-state index contributed by atoms with van der Waals surface area (Å²) in [5.41, 5.74) is 1.68. The zero-order valence-corrected chi connectivity index (χ0v) is 15.4. The van der Waals surface area contributed by atoms with Crippen molar-refractivity contribution >= 4 is 17.7 Å². The van der Waals surface area contributed by atoms with Crippen LogP contribution in [0.15, 0.2) is 47.4 Å². The van der Waals surface area contributed by atoms with Crippen LogP contribution in [0.5, 0.6) is 11.5 Å². The van der Waals surface area contributed by atoms with Gasteiger partial charge in [0.15, 0.2) is 11.5 Å². The van der Waals surface area contributed by atoms with Gasteiger partial charge in [0.25, 0.3) is 5.91 Å². The number of benzene rings is 2. The Hall–Kier alpha value is -2.14. The van der Waals surface area contributed by atoms with Crippen LogP contribution in [-0.4, -0.2) is 37.8 Å². The Morgan fingerprint density at radius 3 is 2.42 bits per heavy atom. The summed E-state index contributed by atoms with van der Waals surface area (Å²) in [7, 11) is 3.37. The summed E-state index contributed by atoms with van der Waals surface area (Å²) in [4.78, 5) is 15.5. The fourth-order valence-corrected chi connectivity index (χ4v) is 2.78. The van der Waals surface area contributed by atoms with E-state index in [-0.39, 0.29) is 5.91 Å². The molecular formula is C19H23NO3S. The number of rotatable bonds is 7. The molecule has 0 aromatic heterocycles. The number of hydrogen-bond donors (Lipinski definition) is 0. The van der Waals surface area contributed by atoms with Crippen LogP contribution in [0.2, 0.25) is 0 Å². The lowest BCUT2D eigenvalue weighted by Gasteiger charge is -2.18. The third-order valence-electron chi connectivity index (χ3n) is 3.64. The topological polar surface area (TPSA) is 38.8 Å². The molecule has 0 radical (unpaired) electrons. The van der Waals surface area contributed by atoms with Gasteiger partial charge in [-0.25, -0.2) is 0 Å². The highest BCUT2D eigenvalue weighted by atomic mass is 32.2. The zero-order valence-electron chi connectivity index (χ0n) is 14.5. The van der Waals surface area contributed by atoms with E-state index in [1.165, 1.54) is 4.90 Å². The molecule has 2 rings (SSSR count). The molecule has 0 atom stereocenters. The number of methoxy groups -OCH3 is 1. The molecule has 0 heterocycles. The predicted molar refractivity (Wildman–Crippen MR) is 98.2 cm³/mol. The van der Waals surface area contributed by atoms with E-state index in [0.29, 0.717) is 30.2 Å². The Morgan fingerprint density at radius 2 is 1.83 bits per heavy atom. The van der Waals surface area contributed by atoms with Crippen molar-refractivity contribution in [2.24, 2.45) is 0 Å². The second-order valence-corrected chi connectivity index (χ2v) is 6.19. The van der Waals surface area contributed by atoms with E-state index >= 15 is 0 Å². The van der Waals surface area contributed by atoms with Crippen LogP contribution in [0.1, 0.15) is 22.8 Å². The van der Waals surface area contributed by atoms with E-state index in [9.17, 15) is 4.79 Å². The number of nitrogens with zero attached hydrogens (tertiary/aromatic N) is 1. The first-order chi connectivity index (χ1) is 11.6. The van der Waals surface area contributed by atoms with Gasteiger partial charge in [-0.3, -0.25) is 4.79 Å². The van der Waals surface area contributed by atoms with E-state index in [2.05, 4.69) is 12.1 Å². The summed E-state index contributed by atoms with van der Waals surface area (Å²) < 4.78 is 10.8. The van der Waals surface area contributed by atoms with Crippen LogP contribution in [0, 0.1) is 0 Å². The highest BCUT2D eigenvalue weighted by molar-refractivity contribution is 7.98. The normalized spacial score (nSPS) is 10.3. The molecule has 0 aliphatic rings. The molecule has 0 aliphatic carbocycles. The highest BCUT2D eigenvalue weighted by Gasteiger charge is 2.15. The van der Waals surface area contributed by atoms with E-state index in [0.717, 1.165) is 5.56 Å². The molecule has 0 fully saturated rings. The minimum Gasteiger partial charge on any atom is -0.493 e. The largest absolute Gasteiger partial charge is 0.493 e. The van der Waals surface area contributed by atoms with Gasteiger partial charge in [-0.15, -0.1) is 11.8 Å². The molecule has 4 nitrogen and oxygen atoms in total. The molecule has 2 aromatic rings. The fourth-order valence-electron chi connectivity index (χ4n) is 2.37. The van der Waals surface area contributed by atoms with Crippen molar-refractivity contribution in [3.8, 4) is 11.5 Å².